The molecule has 0 fully saturated rings. The van der Waals surface area contributed by atoms with Crippen LogP contribution in [0.4, 0.5) is 4.39 Å². The lowest BCUT2D eigenvalue weighted by atomic mass is 10.0. The zero-order valence-electron chi connectivity index (χ0n) is 9.68. The van der Waals surface area contributed by atoms with Crippen LogP contribution in [0.2, 0.25) is 0 Å². The first kappa shape index (κ1) is 11.7. The van der Waals surface area contributed by atoms with E-state index in [2.05, 4.69) is 9.97 Å². The molecule has 0 aliphatic rings. The molecule has 0 aliphatic carbocycles. The van der Waals surface area contributed by atoms with E-state index < -0.39 is 11.9 Å². The lowest BCUT2D eigenvalue weighted by Crippen LogP contribution is -2.07. The maximum absolute atomic E-state index is 13.5. The first-order chi connectivity index (χ1) is 8.09. The number of aliphatic hydroxyl groups is 1. The van der Waals surface area contributed by atoms with E-state index in [1.165, 1.54) is 12.3 Å². The van der Waals surface area contributed by atoms with Crippen LogP contribution in [0.15, 0.2) is 30.7 Å². The Morgan fingerprint density at radius 2 is 2.06 bits per heavy atom. The molecule has 4 heteroatoms. The van der Waals surface area contributed by atoms with Crippen LogP contribution >= 0.6 is 0 Å². The Hall–Kier alpha value is -1.81. The SMILES string of the molecule is Cc1cnc(C(O)c2ccncc2F)c(C)c1. The largest absolute Gasteiger partial charge is 0.382 e. The lowest BCUT2D eigenvalue weighted by Gasteiger charge is -2.13. The maximum Gasteiger partial charge on any atom is 0.147 e. The van der Waals surface area contributed by atoms with Crippen LogP contribution in [0.25, 0.3) is 0 Å². The highest BCUT2D eigenvalue weighted by molar-refractivity contribution is 5.31. The number of aryl methyl sites for hydroxylation is 2. The summed E-state index contributed by atoms with van der Waals surface area (Å²) in [7, 11) is 0. The molecule has 1 atom stereocenters. The Bertz CT molecular complexity index is 543. The lowest BCUT2D eigenvalue weighted by molar-refractivity contribution is 0.209. The van der Waals surface area contributed by atoms with E-state index in [1.54, 1.807) is 6.20 Å². The van der Waals surface area contributed by atoms with Crippen molar-refractivity contribution in [1.29, 1.82) is 0 Å². The molecule has 2 aromatic heterocycles. The molecule has 2 aromatic rings. The van der Waals surface area contributed by atoms with Crippen molar-refractivity contribution in [2.24, 2.45) is 0 Å². The number of nitrogens with zero attached hydrogens (tertiary/aromatic N) is 2. The van der Waals surface area contributed by atoms with E-state index in [1.807, 2.05) is 19.9 Å². The van der Waals surface area contributed by atoms with Crippen molar-refractivity contribution in [2.45, 2.75) is 20.0 Å². The van der Waals surface area contributed by atoms with Gasteiger partial charge in [-0.15, -0.1) is 0 Å². The van der Waals surface area contributed by atoms with Crippen molar-refractivity contribution in [3.63, 3.8) is 0 Å². The van der Waals surface area contributed by atoms with Gasteiger partial charge in [-0.25, -0.2) is 4.39 Å². The maximum atomic E-state index is 13.5. The van der Waals surface area contributed by atoms with Crippen molar-refractivity contribution < 1.29 is 9.50 Å². The van der Waals surface area contributed by atoms with Crippen molar-refractivity contribution in [1.82, 2.24) is 9.97 Å². The van der Waals surface area contributed by atoms with Crippen LogP contribution in [0.5, 0.6) is 0 Å². The fourth-order valence-corrected chi connectivity index (χ4v) is 1.77. The van der Waals surface area contributed by atoms with E-state index in [9.17, 15) is 9.50 Å². The second-order valence-electron chi connectivity index (χ2n) is 4.01. The quantitative estimate of drug-likeness (QED) is 0.864. The molecule has 0 spiro atoms. The van der Waals surface area contributed by atoms with Gasteiger partial charge in [-0.05, 0) is 31.0 Å². The Labute approximate surface area is 99.0 Å². The third kappa shape index (κ3) is 2.31. The standard InChI is InChI=1S/C13H13FN2O/c1-8-5-9(2)12(16-6-8)13(17)10-3-4-15-7-11(10)14/h3-7,13,17H,1-2H3. The second kappa shape index (κ2) is 4.59. The highest BCUT2D eigenvalue weighted by atomic mass is 19.1. The molecule has 0 saturated heterocycles. The minimum Gasteiger partial charge on any atom is -0.382 e. The Balaban J connectivity index is 2.44. The van der Waals surface area contributed by atoms with Crippen LogP contribution in [-0.4, -0.2) is 15.1 Å². The van der Waals surface area contributed by atoms with Crippen LogP contribution in [-0.2, 0) is 0 Å². The Kier molecular flexibility index (Phi) is 3.15. The molecule has 1 unspecified atom stereocenters. The fraction of sp³-hybridized carbons (Fsp3) is 0.231. The molecule has 0 aromatic carbocycles. The second-order valence-corrected chi connectivity index (χ2v) is 4.01. The van der Waals surface area contributed by atoms with Gasteiger partial charge in [-0.2, -0.15) is 0 Å². The molecule has 0 radical (unpaired) electrons. The molecule has 0 aliphatic heterocycles. The van der Waals surface area contributed by atoms with Gasteiger partial charge in [0.05, 0.1) is 11.9 Å². The fourth-order valence-electron chi connectivity index (χ4n) is 1.77. The van der Waals surface area contributed by atoms with Crippen LogP contribution in [0.1, 0.15) is 28.5 Å². The molecule has 17 heavy (non-hydrogen) atoms. The number of aromatic nitrogens is 2. The van der Waals surface area contributed by atoms with Gasteiger partial charge in [0.15, 0.2) is 0 Å². The van der Waals surface area contributed by atoms with E-state index in [0.717, 1.165) is 17.3 Å². The first-order valence-corrected chi connectivity index (χ1v) is 5.30. The van der Waals surface area contributed by atoms with Crippen LogP contribution < -0.4 is 0 Å². The zero-order valence-corrected chi connectivity index (χ0v) is 9.68. The predicted molar refractivity (Wildman–Crippen MR) is 62.0 cm³/mol. The predicted octanol–water partition coefficient (Wildman–Crippen LogP) is 2.31. The van der Waals surface area contributed by atoms with Crippen LogP contribution in [0.3, 0.4) is 0 Å². The third-order valence-electron chi connectivity index (χ3n) is 2.61. The summed E-state index contributed by atoms with van der Waals surface area (Å²) >= 11 is 0. The number of hydrogen-bond donors (Lipinski definition) is 1. The van der Waals surface area contributed by atoms with Gasteiger partial charge >= 0.3 is 0 Å². The van der Waals surface area contributed by atoms with Crippen molar-refractivity contribution in [3.05, 3.63) is 58.9 Å². The summed E-state index contributed by atoms with van der Waals surface area (Å²) in [5, 5.41) is 10.1. The van der Waals surface area contributed by atoms with Gasteiger partial charge < -0.3 is 5.11 Å². The molecule has 0 saturated carbocycles. The number of halogens is 1. The molecule has 3 nitrogen and oxygen atoms in total. The van der Waals surface area contributed by atoms with Crippen molar-refractivity contribution in [3.8, 4) is 0 Å². The Morgan fingerprint density at radius 3 is 2.71 bits per heavy atom. The van der Waals surface area contributed by atoms with E-state index >= 15 is 0 Å². The number of rotatable bonds is 2. The van der Waals surface area contributed by atoms with Gasteiger partial charge in [0.1, 0.15) is 11.9 Å². The summed E-state index contributed by atoms with van der Waals surface area (Å²) < 4.78 is 13.5. The van der Waals surface area contributed by atoms with Crippen molar-refractivity contribution in [2.75, 3.05) is 0 Å². The molecule has 2 rings (SSSR count). The summed E-state index contributed by atoms with van der Waals surface area (Å²) in [5.41, 5.74) is 2.52. The number of pyridine rings is 2. The van der Waals surface area contributed by atoms with Gasteiger partial charge in [0.25, 0.3) is 0 Å². The molecule has 0 bridgehead atoms. The van der Waals surface area contributed by atoms with Crippen LogP contribution in [0, 0.1) is 19.7 Å². The molecular weight excluding hydrogens is 219 g/mol. The van der Waals surface area contributed by atoms with Crippen molar-refractivity contribution >= 4 is 0 Å². The molecule has 1 N–H and O–H groups in total. The minimum absolute atomic E-state index is 0.194. The van der Waals surface area contributed by atoms with Gasteiger partial charge in [-0.3, -0.25) is 9.97 Å². The topological polar surface area (TPSA) is 46.0 Å². The average molecular weight is 232 g/mol. The Morgan fingerprint density at radius 1 is 1.29 bits per heavy atom. The monoisotopic (exact) mass is 232 g/mol. The summed E-state index contributed by atoms with van der Waals surface area (Å²) in [5.74, 6) is -0.526. The molecule has 0 amide bonds. The van der Waals surface area contributed by atoms with E-state index in [0.29, 0.717) is 5.69 Å². The smallest absolute Gasteiger partial charge is 0.147 e. The first-order valence-electron chi connectivity index (χ1n) is 5.30. The zero-order chi connectivity index (χ0) is 12.4. The molecule has 88 valence electrons. The normalized spacial score (nSPS) is 12.5. The van der Waals surface area contributed by atoms with Gasteiger partial charge in [0.2, 0.25) is 0 Å². The number of aliphatic hydroxyl groups excluding tert-OH is 1. The highest BCUT2D eigenvalue weighted by Gasteiger charge is 2.17. The minimum atomic E-state index is -1.06. The van der Waals surface area contributed by atoms with Gasteiger partial charge in [-0.1, -0.05) is 6.07 Å². The molecular formula is C13H13FN2O. The average Bonchev–Trinajstić information content (AvgIpc) is 2.29. The third-order valence-corrected chi connectivity index (χ3v) is 2.61. The molecule has 2 heterocycles. The highest BCUT2D eigenvalue weighted by Crippen LogP contribution is 2.24. The van der Waals surface area contributed by atoms with E-state index in [4.69, 9.17) is 0 Å². The summed E-state index contributed by atoms with van der Waals surface area (Å²) in [4.78, 5) is 7.81. The summed E-state index contributed by atoms with van der Waals surface area (Å²) in [6.07, 6.45) is 3.14. The summed E-state index contributed by atoms with van der Waals surface area (Å²) in [6, 6.07) is 3.37. The summed E-state index contributed by atoms with van der Waals surface area (Å²) in [6.45, 7) is 3.76. The van der Waals surface area contributed by atoms with E-state index in [-0.39, 0.29) is 5.56 Å². The number of hydrogen-bond acceptors (Lipinski definition) is 3. The van der Waals surface area contributed by atoms with Gasteiger partial charge in [0, 0.05) is 18.0 Å².